The Morgan fingerprint density at radius 2 is 2.35 bits per heavy atom. The number of nitrogens with one attached hydrogen (secondary N) is 1. The Morgan fingerprint density at radius 3 is 3.22 bits per heavy atom. The van der Waals surface area contributed by atoms with Gasteiger partial charge in [0.2, 0.25) is 5.88 Å². The highest BCUT2D eigenvalue weighted by Gasteiger charge is 2.49. The SMILES string of the molecule is COc1nc(OC[C@@]23CCCN2C[C@H](F)C3)nc2c1CCNC2. The van der Waals surface area contributed by atoms with Gasteiger partial charge in [0.1, 0.15) is 12.8 Å². The van der Waals surface area contributed by atoms with E-state index in [0.29, 0.717) is 38.0 Å². The largest absolute Gasteiger partial charge is 0.481 e. The van der Waals surface area contributed by atoms with Crippen molar-refractivity contribution >= 4 is 0 Å². The Balaban J connectivity index is 1.53. The van der Waals surface area contributed by atoms with Crippen LogP contribution < -0.4 is 14.8 Å². The maximum Gasteiger partial charge on any atom is 0.320 e. The maximum atomic E-state index is 13.8. The Hall–Kier alpha value is -1.47. The van der Waals surface area contributed by atoms with Crippen LogP contribution >= 0.6 is 0 Å². The summed E-state index contributed by atoms with van der Waals surface area (Å²) in [6.45, 7) is 3.55. The van der Waals surface area contributed by atoms with E-state index in [1.807, 2.05) is 0 Å². The maximum absolute atomic E-state index is 13.8. The molecule has 6 nitrogen and oxygen atoms in total. The summed E-state index contributed by atoms with van der Waals surface area (Å²) in [5.41, 5.74) is 1.82. The third-order valence-corrected chi connectivity index (χ3v) is 5.30. The number of aromatic nitrogens is 2. The van der Waals surface area contributed by atoms with Gasteiger partial charge in [0.15, 0.2) is 0 Å². The molecule has 126 valence electrons. The summed E-state index contributed by atoms with van der Waals surface area (Å²) in [4.78, 5) is 11.2. The second-order valence-corrected chi connectivity index (χ2v) is 6.73. The lowest BCUT2D eigenvalue weighted by Gasteiger charge is -2.31. The Labute approximate surface area is 135 Å². The second-order valence-electron chi connectivity index (χ2n) is 6.73. The Bertz CT molecular complexity index is 582. The average molecular weight is 322 g/mol. The highest BCUT2D eigenvalue weighted by atomic mass is 19.1. The molecule has 0 aromatic carbocycles. The number of ether oxygens (including phenoxy) is 2. The average Bonchev–Trinajstić information content (AvgIpc) is 3.08. The molecular weight excluding hydrogens is 299 g/mol. The molecule has 1 aromatic heterocycles. The van der Waals surface area contributed by atoms with Gasteiger partial charge in [0.05, 0.1) is 18.3 Å². The number of hydrogen-bond donors (Lipinski definition) is 1. The minimum absolute atomic E-state index is 0.176. The molecule has 0 aliphatic carbocycles. The fraction of sp³-hybridized carbons (Fsp3) is 0.750. The molecule has 23 heavy (non-hydrogen) atoms. The molecule has 1 aromatic rings. The van der Waals surface area contributed by atoms with Gasteiger partial charge in [-0.05, 0) is 32.4 Å². The Morgan fingerprint density at radius 1 is 1.43 bits per heavy atom. The van der Waals surface area contributed by atoms with Gasteiger partial charge in [-0.3, -0.25) is 4.90 Å². The lowest BCUT2D eigenvalue weighted by Crippen LogP contribution is -2.43. The van der Waals surface area contributed by atoms with E-state index in [-0.39, 0.29) is 5.54 Å². The summed E-state index contributed by atoms with van der Waals surface area (Å²) >= 11 is 0. The molecule has 4 heterocycles. The summed E-state index contributed by atoms with van der Waals surface area (Å²) in [7, 11) is 1.62. The molecule has 2 atom stereocenters. The van der Waals surface area contributed by atoms with E-state index >= 15 is 0 Å². The summed E-state index contributed by atoms with van der Waals surface area (Å²) in [6.07, 6.45) is 2.75. The van der Waals surface area contributed by atoms with Crippen molar-refractivity contribution in [2.75, 3.05) is 33.4 Å². The molecule has 2 saturated heterocycles. The predicted octanol–water partition coefficient (Wildman–Crippen LogP) is 1.09. The van der Waals surface area contributed by atoms with Gasteiger partial charge in [0, 0.05) is 25.1 Å². The topological polar surface area (TPSA) is 59.5 Å². The van der Waals surface area contributed by atoms with Crippen molar-refractivity contribution in [1.29, 1.82) is 0 Å². The lowest BCUT2D eigenvalue weighted by molar-refractivity contribution is 0.106. The molecule has 0 amide bonds. The quantitative estimate of drug-likeness (QED) is 0.895. The standard InChI is InChI=1S/C16H23FN4O2/c1-22-14-12-3-5-18-8-13(12)19-15(20-14)23-10-16-4-2-6-21(16)9-11(17)7-16/h11,18H,2-10H2,1H3/t11-,16+/m1/s1. The van der Waals surface area contributed by atoms with Gasteiger partial charge in [-0.2, -0.15) is 9.97 Å². The van der Waals surface area contributed by atoms with Crippen molar-refractivity contribution in [2.24, 2.45) is 0 Å². The zero-order chi connectivity index (χ0) is 15.9. The molecule has 0 bridgehead atoms. The third kappa shape index (κ3) is 2.65. The van der Waals surface area contributed by atoms with Crippen LogP contribution in [0, 0.1) is 0 Å². The molecule has 0 spiro atoms. The summed E-state index contributed by atoms with van der Waals surface area (Å²) in [5, 5.41) is 3.30. The van der Waals surface area contributed by atoms with Gasteiger partial charge in [-0.1, -0.05) is 0 Å². The monoisotopic (exact) mass is 322 g/mol. The highest BCUT2D eigenvalue weighted by Crippen LogP contribution is 2.40. The van der Waals surface area contributed by atoms with E-state index in [2.05, 4.69) is 20.2 Å². The highest BCUT2D eigenvalue weighted by molar-refractivity contribution is 5.34. The molecule has 0 radical (unpaired) electrons. The minimum atomic E-state index is -0.748. The summed E-state index contributed by atoms with van der Waals surface area (Å²) in [6, 6.07) is 0.341. The molecule has 4 rings (SSSR count). The number of methoxy groups -OCH3 is 1. The van der Waals surface area contributed by atoms with E-state index in [4.69, 9.17) is 9.47 Å². The minimum Gasteiger partial charge on any atom is -0.481 e. The fourth-order valence-corrected chi connectivity index (χ4v) is 4.18. The van der Waals surface area contributed by atoms with Crippen LogP contribution in [-0.4, -0.2) is 59.9 Å². The van der Waals surface area contributed by atoms with Gasteiger partial charge in [-0.25, -0.2) is 4.39 Å². The Kier molecular flexibility index (Phi) is 3.85. The first-order valence-electron chi connectivity index (χ1n) is 8.37. The first kappa shape index (κ1) is 15.1. The van der Waals surface area contributed by atoms with Crippen molar-refractivity contribution in [1.82, 2.24) is 20.2 Å². The van der Waals surface area contributed by atoms with E-state index < -0.39 is 6.17 Å². The van der Waals surface area contributed by atoms with Crippen LogP contribution in [-0.2, 0) is 13.0 Å². The lowest BCUT2D eigenvalue weighted by atomic mass is 9.95. The van der Waals surface area contributed by atoms with E-state index in [1.165, 1.54) is 0 Å². The number of rotatable bonds is 4. The first-order chi connectivity index (χ1) is 11.2. The smallest absolute Gasteiger partial charge is 0.320 e. The number of nitrogens with zero attached hydrogens (tertiary/aromatic N) is 3. The third-order valence-electron chi connectivity index (χ3n) is 5.30. The van der Waals surface area contributed by atoms with E-state index in [9.17, 15) is 4.39 Å². The molecule has 2 fully saturated rings. The van der Waals surface area contributed by atoms with Crippen LogP contribution in [0.15, 0.2) is 0 Å². The number of hydrogen-bond acceptors (Lipinski definition) is 6. The number of fused-ring (bicyclic) bond motifs is 2. The molecule has 0 saturated carbocycles. The van der Waals surface area contributed by atoms with Crippen molar-refractivity contribution in [3.8, 4) is 11.9 Å². The zero-order valence-electron chi connectivity index (χ0n) is 13.5. The van der Waals surface area contributed by atoms with E-state index in [1.54, 1.807) is 7.11 Å². The number of halogens is 1. The van der Waals surface area contributed by atoms with Crippen LogP contribution in [0.25, 0.3) is 0 Å². The first-order valence-corrected chi connectivity index (χ1v) is 8.37. The molecule has 3 aliphatic rings. The van der Waals surface area contributed by atoms with Crippen molar-refractivity contribution in [2.45, 2.75) is 43.9 Å². The van der Waals surface area contributed by atoms with E-state index in [0.717, 1.165) is 43.6 Å². The van der Waals surface area contributed by atoms with Crippen LogP contribution in [0.4, 0.5) is 4.39 Å². The van der Waals surface area contributed by atoms with Gasteiger partial charge < -0.3 is 14.8 Å². The van der Waals surface area contributed by atoms with Crippen LogP contribution in [0.2, 0.25) is 0 Å². The van der Waals surface area contributed by atoms with Gasteiger partial charge in [-0.15, -0.1) is 0 Å². The van der Waals surface area contributed by atoms with Crippen molar-refractivity contribution < 1.29 is 13.9 Å². The summed E-state index contributed by atoms with van der Waals surface area (Å²) in [5.74, 6) is 0.599. The molecule has 0 unspecified atom stereocenters. The molecular formula is C16H23FN4O2. The molecule has 1 N–H and O–H groups in total. The van der Waals surface area contributed by atoms with Gasteiger partial charge >= 0.3 is 6.01 Å². The number of alkyl halides is 1. The van der Waals surface area contributed by atoms with Crippen LogP contribution in [0.1, 0.15) is 30.5 Å². The molecule has 7 heteroatoms. The van der Waals surface area contributed by atoms with Crippen LogP contribution in [0.3, 0.4) is 0 Å². The van der Waals surface area contributed by atoms with Crippen LogP contribution in [0.5, 0.6) is 11.9 Å². The van der Waals surface area contributed by atoms with Crippen molar-refractivity contribution in [3.05, 3.63) is 11.3 Å². The van der Waals surface area contributed by atoms with Gasteiger partial charge in [0.25, 0.3) is 0 Å². The second kappa shape index (κ2) is 5.87. The fourth-order valence-electron chi connectivity index (χ4n) is 4.18. The molecule has 3 aliphatic heterocycles. The predicted molar refractivity (Wildman–Crippen MR) is 82.5 cm³/mol. The normalized spacial score (nSPS) is 30.1. The summed E-state index contributed by atoms with van der Waals surface area (Å²) < 4.78 is 25.1. The van der Waals surface area contributed by atoms with Crippen molar-refractivity contribution in [3.63, 3.8) is 0 Å². The zero-order valence-corrected chi connectivity index (χ0v) is 13.5.